The lowest BCUT2D eigenvalue weighted by molar-refractivity contribution is 0.140. The van der Waals surface area contributed by atoms with Gasteiger partial charge in [-0.15, -0.1) is 0 Å². The number of hydrogen-bond donors (Lipinski definition) is 2. The summed E-state index contributed by atoms with van der Waals surface area (Å²) in [7, 11) is 0. The van der Waals surface area contributed by atoms with E-state index in [1.165, 1.54) is 11.6 Å². The van der Waals surface area contributed by atoms with Crippen molar-refractivity contribution in [3.8, 4) is 0 Å². The van der Waals surface area contributed by atoms with Crippen LogP contribution >= 0.6 is 0 Å². The zero-order chi connectivity index (χ0) is 14.1. The maximum atomic E-state index is 13.7. The largest absolute Gasteiger partial charge is 0.391 e. The number of aliphatic hydroxyl groups is 1. The zero-order valence-electron chi connectivity index (χ0n) is 11.4. The molecule has 0 heterocycles. The minimum absolute atomic E-state index is 0.119. The van der Waals surface area contributed by atoms with E-state index in [4.69, 9.17) is 0 Å². The number of fused-ring (bicyclic) bond motifs is 1. The van der Waals surface area contributed by atoms with Gasteiger partial charge in [-0.2, -0.15) is 0 Å². The topological polar surface area (TPSA) is 32.3 Å². The molecule has 0 bridgehead atoms. The molecular formula is C17H18FNO. The van der Waals surface area contributed by atoms with Crippen molar-refractivity contribution in [2.75, 3.05) is 0 Å². The van der Waals surface area contributed by atoms with Crippen molar-refractivity contribution in [2.45, 2.75) is 32.0 Å². The van der Waals surface area contributed by atoms with Crippen molar-refractivity contribution in [2.24, 2.45) is 0 Å². The van der Waals surface area contributed by atoms with Crippen molar-refractivity contribution in [3.05, 3.63) is 70.5 Å². The Kier molecular flexibility index (Phi) is 3.55. The van der Waals surface area contributed by atoms with Gasteiger partial charge < -0.3 is 10.4 Å². The average Bonchev–Trinajstić information content (AvgIpc) is 2.75. The van der Waals surface area contributed by atoms with Crippen LogP contribution in [0.4, 0.5) is 4.39 Å². The summed E-state index contributed by atoms with van der Waals surface area (Å²) in [5.41, 5.74) is 3.97. The summed E-state index contributed by atoms with van der Waals surface area (Å²) in [6.07, 6.45) is 0.213. The Balaban J connectivity index is 1.77. The third-order valence-electron chi connectivity index (χ3n) is 3.92. The van der Waals surface area contributed by atoms with Gasteiger partial charge >= 0.3 is 0 Å². The zero-order valence-corrected chi connectivity index (χ0v) is 11.4. The Hall–Kier alpha value is -1.71. The minimum atomic E-state index is -0.444. The van der Waals surface area contributed by atoms with E-state index in [0.29, 0.717) is 18.5 Å². The minimum Gasteiger partial charge on any atom is -0.391 e. The van der Waals surface area contributed by atoms with Crippen LogP contribution in [0, 0.1) is 12.7 Å². The van der Waals surface area contributed by atoms with Crippen molar-refractivity contribution in [3.63, 3.8) is 0 Å². The molecule has 104 valence electrons. The van der Waals surface area contributed by atoms with Crippen molar-refractivity contribution in [1.29, 1.82) is 0 Å². The van der Waals surface area contributed by atoms with Crippen LogP contribution in [0.15, 0.2) is 42.5 Å². The molecule has 0 spiro atoms. The fraction of sp³-hybridized carbons (Fsp3) is 0.294. The molecule has 0 radical (unpaired) electrons. The number of aliphatic hydroxyl groups excluding tert-OH is 1. The van der Waals surface area contributed by atoms with Gasteiger partial charge in [-0.1, -0.05) is 42.0 Å². The van der Waals surface area contributed by atoms with E-state index >= 15 is 0 Å². The van der Waals surface area contributed by atoms with Crippen LogP contribution in [0.1, 0.15) is 28.3 Å². The van der Waals surface area contributed by atoms with E-state index in [2.05, 4.69) is 5.32 Å². The molecule has 2 N–H and O–H groups in total. The molecule has 0 amide bonds. The maximum Gasteiger partial charge on any atom is 0.127 e. The second-order valence-corrected chi connectivity index (χ2v) is 5.42. The fourth-order valence-corrected chi connectivity index (χ4v) is 2.88. The molecule has 2 nitrogen and oxygen atoms in total. The van der Waals surface area contributed by atoms with E-state index in [9.17, 15) is 9.50 Å². The quantitative estimate of drug-likeness (QED) is 0.899. The number of hydrogen-bond acceptors (Lipinski definition) is 2. The van der Waals surface area contributed by atoms with Crippen LogP contribution in [0.25, 0.3) is 0 Å². The van der Waals surface area contributed by atoms with Crippen LogP contribution in [0.2, 0.25) is 0 Å². The van der Waals surface area contributed by atoms with Gasteiger partial charge in [0.2, 0.25) is 0 Å². The van der Waals surface area contributed by atoms with E-state index < -0.39 is 6.10 Å². The Labute approximate surface area is 118 Å². The predicted molar refractivity (Wildman–Crippen MR) is 76.9 cm³/mol. The van der Waals surface area contributed by atoms with Gasteiger partial charge in [0.1, 0.15) is 5.82 Å². The molecule has 20 heavy (non-hydrogen) atoms. The average molecular weight is 271 g/mol. The Morgan fingerprint density at radius 2 is 2.05 bits per heavy atom. The molecule has 2 atom stereocenters. The van der Waals surface area contributed by atoms with Crippen LogP contribution in [-0.4, -0.2) is 11.2 Å². The summed E-state index contributed by atoms with van der Waals surface area (Å²) < 4.78 is 13.7. The summed E-state index contributed by atoms with van der Waals surface area (Å²) >= 11 is 0. The summed E-state index contributed by atoms with van der Waals surface area (Å²) in [6, 6.07) is 13.0. The highest BCUT2D eigenvalue weighted by atomic mass is 19.1. The first-order valence-electron chi connectivity index (χ1n) is 6.89. The lowest BCUT2D eigenvalue weighted by atomic mass is 10.1. The maximum absolute atomic E-state index is 13.7. The van der Waals surface area contributed by atoms with Gasteiger partial charge in [0.25, 0.3) is 0 Å². The van der Waals surface area contributed by atoms with Crippen LogP contribution in [-0.2, 0) is 13.0 Å². The fourth-order valence-electron chi connectivity index (χ4n) is 2.88. The predicted octanol–water partition coefficient (Wildman–Crippen LogP) is 2.88. The number of rotatable bonds is 3. The lowest BCUT2D eigenvalue weighted by Crippen LogP contribution is -2.28. The monoisotopic (exact) mass is 271 g/mol. The molecule has 0 aliphatic heterocycles. The number of aryl methyl sites for hydroxylation is 1. The van der Waals surface area contributed by atoms with Gasteiger partial charge in [-0.05, 0) is 24.1 Å². The third-order valence-corrected chi connectivity index (χ3v) is 3.92. The first kappa shape index (κ1) is 13.3. The molecule has 0 unspecified atom stereocenters. The third kappa shape index (κ3) is 2.47. The summed E-state index contributed by atoms with van der Waals surface area (Å²) in [5, 5.41) is 13.4. The Morgan fingerprint density at radius 3 is 2.90 bits per heavy atom. The second-order valence-electron chi connectivity index (χ2n) is 5.42. The van der Waals surface area contributed by atoms with Crippen LogP contribution in [0.5, 0.6) is 0 Å². The highest BCUT2D eigenvalue weighted by Crippen LogP contribution is 2.31. The summed E-state index contributed by atoms with van der Waals surface area (Å²) in [5.74, 6) is -0.205. The van der Waals surface area contributed by atoms with Gasteiger partial charge in [-0.3, -0.25) is 0 Å². The van der Waals surface area contributed by atoms with Gasteiger partial charge in [0, 0.05) is 18.5 Å². The van der Waals surface area contributed by atoms with Gasteiger partial charge in [0.15, 0.2) is 0 Å². The van der Waals surface area contributed by atoms with Gasteiger partial charge in [-0.25, -0.2) is 4.39 Å². The summed E-state index contributed by atoms with van der Waals surface area (Å²) in [4.78, 5) is 0. The Morgan fingerprint density at radius 1 is 1.25 bits per heavy atom. The van der Waals surface area contributed by atoms with E-state index in [-0.39, 0.29) is 11.9 Å². The first-order chi connectivity index (χ1) is 9.65. The molecule has 0 saturated heterocycles. The molecule has 0 aromatic heterocycles. The highest BCUT2D eigenvalue weighted by Gasteiger charge is 2.30. The lowest BCUT2D eigenvalue weighted by Gasteiger charge is -2.18. The molecular weight excluding hydrogens is 253 g/mol. The first-order valence-corrected chi connectivity index (χ1v) is 6.89. The SMILES string of the molecule is Cc1ccc(F)c(CN[C@@H]2c3ccccc3C[C@@H]2O)c1. The van der Waals surface area contributed by atoms with E-state index in [1.54, 1.807) is 6.07 Å². The molecule has 1 aliphatic rings. The molecule has 3 rings (SSSR count). The molecule has 3 heteroatoms. The summed E-state index contributed by atoms with van der Waals surface area (Å²) in [6.45, 7) is 2.37. The number of halogens is 1. The normalized spacial score (nSPS) is 20.9. The highest BCUT2D eigenvalue weighted by molar-refractivity contribution is 5.36. The molecule has 2 aromatic carbocycles. The molecule has 1 aliphatic carbocycles. The van der Waals surface area contributed by atoms with Gasteiger partial charge in [0.05, 0.1) is 12.1 Å². The van der Waals surface area contributed by atoms with Crippen molar-refractivity contribution < 1.29 is 9.50 Å². The number of benzene rings is 2. The van der Waals surface area contributed by atoms with E-state index in [1.807, 2.05) is 37.3 Å². The van der Waals surface area contributed by atoms with Crippen molar-refractivity contribution in [1.82, 2.24) is 5.32 Å². The van der Waals surface area contributed by atoms with Crippen LogP contribution < -0.4 is 5.32 Å². The van der Waals surface area contributed by atoms with E-state index in [0.717, 1.165) is 11.1 Å². The number of nitrogens with one attached hydrogen (secondary N) is 1. The molecule has 0 fully saturated rings. The standard InChI is InChI=1S/C17H18FNO/c1-11-6-7-15(18)13(8-11)10-19-17-14-5-3-2-4-12(14)9-16(17)20/h2-8,16-17,19-20H,9-10H2,1H3/t16-,17+/m0/s1. The smallest absolute Gasteiger partial charge is 0.127 e. The van der Waals surface area contributed by atoms with Crippen LogP contribution in [0.3, 0.4) is 0 Å². The second kappa shape index (κ2) is 5.35. The Bertz CT molecular complexity index is 626. The van der Waals surface area contributed by atoms with Crippen molar-refractivity contribution >= 4 is 0 Å². The molecule has 2 aromatic rings. The molecule has 0 saturated carbocycles.